The first-order valence-corrected chi connectivity index (χ1v) is 10.5. The number of fused-ring (bicyclic) bond motifs is 1. The number of allylic oxidation sites excluding steroid dienone is 1. The molecule has 4 rings (SSSR count). The van der Waals surface area contributed by atoms with Gasteiger partial charge in [-0.2, -0.15) is 0 Å². The molecule has 31 heavy (non-hydrogen) atoms. The Morgan fingerprint density at radius 3 is 2.77 bits per heavy atom. The van der Waals surface area contributed by atoms with Gasteiger partial charge in [-0.15, -0.1) is 0 Å². The van der Waals surface area contributed by atoms with E-state index in [0.29, 0.717) is 23.4 Å². The summed E-state index contributed by atoms with van der Waals surface area (Å²) >= 11 is 0. The Morgan fingerprint density at radius 1 is 1.19 bits per heavy atom. The van der Waals surface area contributed by atoms with E-state index in [2.05, 4.69) is 10.3 Å². The van der Waals surface area contributed by atoms with E-state index in [1.54, 1.807) is 43.7 Å². The topological polar surface area (TPSA) is 79.4 Å². The van der Waals surface area contributed by atoms with E-state index in [9.17, 15) is 18.2 Å². The van der Waals surface area contributed by atoms with E-state index >= 15 is 0 Å². The van der Waals surface area contributed by atoms with Gasteiger partial charge >= 0.3 is 0 Å². The molecule has 1 aromatic heterocycles. The predicted molar refractivity (Wildman–Crippen MR) is 117 cm³/mol. The van der Waals surface area contributed by atoms with Crippen molar-refractivity contribution in [1.29, 1.82) is 0 Å². The summed E-state index contributed by atoms with van der Waals surface area (Å²) < 4.78 is 27.8. The average molecular weight is 435 g/mol. The molecule has 0 saturated heterocycles. The lowest BCUT2D eigenvalue weighted by Gasteiger charge is -2.27. The normalized spacial score (nSPS) is 16.8. The molecule has 2 heterocycles. The fraction of sp³-hybridized carbons (Fsp3) is 0.0870. The van der Waals surface area contributed by atoms with Gasteiger partial charge in [0.15, 0.2) is 11.0 Å². The lowest BCUT2D eigenvalue weighted by Crippen LogP contribution is -2.32. The quantitative estimate of drug-likeness (QED) is 0.637. The highest BCUT2D eigenvalue weighted by Gasteiger charge is 2.32. The lowest BCUT2D eigenvalue weighted by molar-refractivity contribution is 0.0951. The van der Waals surface area contributed by atoms with Crippen LogP contribution in [0.25, 0.3) is 6.08 Å². The number of nitrogens with one attached hydrogen (secondary N) is 1. The highest BCUT2D eigenvalue weighted by atomic mass is 32.2. The molecule has 1 N–H and O–H groups in total. The number of aromatic nitrogens is 1. The van der Waals surface area contributed by atoms with Crippen molar-refractivity contribution in [2.45, 2.75) is 6.54 Å². The smallest absolute Gasteiger partial charge is 0.251 e. The van der Waals surface area contributed by atoms with Crippen LogP contribution in [0.15, 0.2) is 71.9 Å². The van der Waals surface area contributed by atoms with E-state index < -0.39 is 22.6 Å². The summed E-state index contributed by atoms with van der Waals surface area (Å²) in [5, 5.41) is 2.79. The van der Waals surface area contributed by atoms with Crippen LogP contribution in [-0.2, 0) is 17.5 Å². The summed E-state index contributed by atoms with van der Waals surface area (Å²) in [6.07, 6.45) is 4.72. The van der Waals surface area contributed by atoms with Crippen LogP contribution >= 0.6 is 0 Å². The van der Waals surface area contributed by atoms with Crippen LogP contribution in [0.1, 0.15) is 31.8 Å². The Bertz CT molecular complexity index is 1230. The molecule has 8 heteroatoms. The van der Waals surface area contributed by atoms with E-state index in [1.165, 1.54) is 34.6 Å². The number of Topliss-reactive ketones (excluding diaryl/α,β-unsaturated/α-hetero) is 1. The molecule has 0 spiro atoms. The highest BCUT2D eigenvalue weighted by molar-refractivity contribution is 7.91. The number of ketones is 1. The van der Waals surface area contributed by atoms with Gasteiger partial charge in [-0.05, 0) is 53.6 Å². The molecule has 0 aliphatic carbocycles. The summed E-state index contributed by atoms with van der Waals surface area (Å²) in [5.41, 5.74) is 2.31. The van der Waals surface area contributed by atoms with Crippen molar-refractivity contribution in [2.24, 2.45) is 0 Å². The van der Waals surface area contributed by atoms with Gasteiger partial charge in [0.1, 0.15) is 10.7 Å². The number of anilines is 1. The minimum absolute atomic E-state index is 0.0218. The number of benzene rings is 2. The van der Waals surface area contributed by atoms with Gasteiger partial charge in [0.25, 0.3) is 5.91 Å². The molecule has 6 nitrogen and oxygen atoms in total. The molecule has 0 bridgehead atoms. The molecule has 0 saturated carbocycles. The first-order valence-electron chi connectivity index (χ1n) is 9.43. The van der Waals surface area contributed by atoms with Crippen molar-refractivity contribution in [3.8, 4) is 0 Å². The van der Waals surface area contributed by atoms with Crippen molar-refractivity contribution >= 4 is 34.4 Å². The molecule has 1 aliphatic heterocycles. The van der Waals surface area contributed by atoms with Gasteiger partial charge in [0.2, 0.25) is 5.78 Å². The molecular weight excluding hydrogens is 417 g/mol. The predicted octanol–water partition coefficient (Wildman–Crippen LogP) is 3.49. The number of pyridine rings is 1. The van der Waals surface area contributed by atoms with Crippen LogP contribution in [0.5, 0.6) is 0 Å². The van der Waals surface area contributed by atoms with Crippen LogP contribution in [0, 0.1) is 5.82 Å². The Morgan fingerprint density at radius 2 is 2.03 bits per heavy atom. The number of halogens is 1. The Kier molecular flexibility index (Phi) is 5.73. The van der Waals surface area contributed by atoms with Crippen molar-refractivity contribution in [1.82, 2.24) is 10.3 Å². The first-order chi connectivity index (χ1) is 14.9. The summed E-state index contributed by atoms with van der Waals surface area (Å²) in [7, 11) is -0.152. The van der Waals surface area contributed by atoms with E-state index in [0.717, 1.165) is 5.56 Å². The Hall–Kier alpha value is -3.65. The summed E-state index contributed by atoms with van der Waals surface area (Å²) in [6.45, 7) is 0.298. The zero-order valence-corrected chi connectivity index (χ0v) is 17.4. The van der Waals surface area contributed by atoms with Crippen LogP contribution in [0.2, 0.25) is 0 Å². The van der Waals surface area contributed by atoms with E-state index in [1.807, 2.05) is 6.07 Å². The van der Waals surface area contributed by atoms with Gasteiger partial charge in [-0.3, -0.25) is 18.9 Å². The number of nitrogens with zero attached hydrogens (tertiary/aromatic N) is 2. The SMILES string of the molecule is CN1c2ccc(C(=O)NCc3cccnc3)cc2C(=O)/C(=C\c2cccc(F)c2)S1=O. The Labute approximate surface area is 181 Å². The summed E-state index contributed by atoms with van der Waals surface area (Å²) in [6, 6.07) is 14.0. The third-order valence-corrected chi connectivity index (χ3v) is 6.20. The second kappa shape index (κ2) is 8.61. The van der Waals surface area contributed by atoms with Gasteiger partial charge in [0, 0.05) is 37.1 Å². The maximum Gasteiger partial charge on any atom is 0.251 e. The van der Waals surface area contributed by atoms with Crippen LogP contribution < -0.4 is 9.62 Å². The largest absolute Gasteiger partial charge is 0.348 e. The minimum atomic E-state index is -1.75. The minimum Gasteiger partial charge on any atom is -0.348 e. The van der Waals surface area contributed by atoms with E-state index in [-0.39, 0.29) is 16.4 Å². The van der Waals surface area contributed by atoms with E-state index in [4.69, 9.17) is 0 Å². The summed E-state index contributed by atoms with van der Waals surface area (Å²) in [4.78, 5) is 29.7. The van der Waals surface area contributed by atoms with Crippen molar-refractivity contribution < 1.29 is 18.2 Å². The summed E-state index contributed by atoms with van der Waals surface area (Å²) in [5.74, 6) is -1.26. The average Bonchev–Trinajstić information content (AvgIpc) is 2.79. The van der Waals surface area contributed by atoms with Crippen LogP contribution in [0.4, 0.5) is 10.1 Å². The molecule has 156 valence electrons. The van der Waals surface area contributed by atoms with Crippen LogP contribution in [0.3, 0.4) is 0 Å². The molecule has 3 aromatic rings. The molecule has 1 amide bonds. The maximum absolute atomic E-state index is 13.5. The molecule has 1 unspecified atom stereocenters. The molecule has 1 aliphatic rings. The second-order valence-corrected chi connectivity index (χ2v) is 8.40. The third-order valence-electron chi connectivity index (χ3n) is 4.83. The molecule has 2 aromatic carbocycles. The highest BCUT2D eigenvalue weighted by Crippen LogP contribution is 2.33. The van der Waals surface area contributed by atoms with Crippen LogP contribution in [-0.4, -0.2) is 27.9 Å². The molecule has 0 radical (unpaired) electrons. The zero-order valence-electron chi connectivity index (χ0n) is 16.5. The number of carbonyl (C=O) groups excluding carboxylic acids is 2. The Balaban J connectivity index is 1.63. The molecule has 0 fully saturated rings. The fourth-order valence-electron chi connectivity index (χ4n) is 3.23. The van der Waals surface area contributed by atoms with Gasteiger partial charge < -0.3 is 5.32 Å². The van der Waals surface area contributed by atoms with Crippen molar-refractivity contribution in [2.75, 3.05) is 11.4 Å². The third kappa shape index (κ3) is 4.29. The first kappa shape index (κ1) is 20.6. The molecule has 1 atom stereocenters. The molecular formula is C23H18FN3O3S. The number of hydrogen-bond donors (Lipinski definition) is 1. The number of amides is 1. The fourth-order valence-corrected chi connectivity index (χ4v) is 4.37. The number of rotatable bonds is 4. The number of hydrogen-bond acceptors (Lipinski definition) is 4. The monoisotopic (exact) mass is 435 g/mol. The number of carbonyl (C=O) groups is 2. The van der Waals surface area contributed by atoms with Gasteiger partial charge in [-0.25, -0.2) is 8.60 Å². The van der Waals surface area contributed by atoms with Gasteiger partial charge in [-0.1, -0.05) is 18.2 Å². The lowest BCUT2D eigenvalue weighted by atomic mass is 10.0. The standard InChI is InChI=1S/C23H18FN3O3S/c1-27-20-8-7-17(23(29)26-14-16-5-3-9-25-13-16)12-19(20)22(28)21(31(27)30)11-15-4-2-6-18(24)10-15/h2-13H,14H2,1H3,(H,26,29)/b21-11+. The van der Waals surface area contributed by atoms with Gasteiger partial charge in [0.05, 0.1) is 5.69 Å². The second-order valence-electron chi connectivity index (χ2n) is 6.92. The van der Waals surface area contributed by atoms with Crippen molar-refractivity contribution in [3.05, 3.63) is 100.0 Å². The van der Waals surface area contributed by atoms with Crippen molar-refractivity contribution in [3.63, 3.8) is 0 Å². The maximum atomic E-state index is 13.5. The zero-order chi connectivity index (χ0) is 22.0.